The largest absolute Gasteiger partial charge is 0.504 e. The first-order valence-corrected chi connectivity index (χ1v) is 15.1. The highest BCUT2D eigenvalue weighted by Gasteiger charge is 2.53. The van der Waals surface area contributed by atoms with Gasteiger partial charge in [0.15, 0.2) is 46.8 Å². The number of ketones is 2. The molecule has 0 amide bonds. The van der Waals surface area contributed by atoms with Gasteiger partial charge in [0.25, 0.3) is 0 Å². The van der Waals surface area contributed by atoms with Crippen LogP contribution in [-0.4, -0.2) is 92.1 Å². The average Bonchev–Trinajstić information content (AvgIpc) is 3.04. The Morgan fingerprint density at radius 3 is 1.74 bits per heavy atom. The van der Waals surface area contributed by atoms with Gasteiger partial charge >= 0.3 is 23.9 Å². The monoisotopic (exact) mass is 698 g/mol. The van der Waals surface area contributed by atoms with Crippen molar-refractivity contribution in [1.29, 1.82) is 0 Å². The first kappa shape index (κ1) is 38.7. The molecule has 1 fully saturated rings. The summed E-state index contributed by atoms with van der Waals surface area (Å²) in [5.41, 5.74) is 1.08. The molecule has 1 aliphatic heterocycles. The van der Waals surface area contributed by atoms with Crippen LogP contribution in [-0.2, 0) is 52.5 Å². The molecule has 0 bridgehead atoms. The Morgan fingerprint density at radius 2 is 1.20 bits per heavy atom. The Morgan fingerprint density at radius 1 is 0.680 bits per heavy atom. The lowest BCUT2D eigenvalue weighted by Gasteiger charge is -2.44. The second-order valence-corrected chi connectivity index (χ2v) is 10.8. The molecule has 0 spiro atoms. The third kappa shape index (κ3) is 11.5. The van der Waals surface area contributed by atoms with E-state index in [1.165, 1.54) is 62.8 Å². The zero-order valence-electron chi connectivity index (χ0n) is 28.2. The zero-order chi connectivity index (χ0) is 37.0. The number of carbonyl (C=O) groups is 6. The highest BCUT2D eigenvalue weighted by atomic mass is 16.7. The van der Waals surface area contributed by atoms with Crippen LogP contribution in [0.15, 0.2) is 48.6 Å². The predicted octanol–water partition coefficient (Wildman–Crippen LogP) is 3.13. The van der Waals surface area contributed by atoms with E-state index >= 15 is 0 Å². The Balaban J connectivity index is 1.80. The number of phenolic OH excluding ortho intramolecular Hbond substituents is 1. The lowest BCUT2D eigenvalue weighted by atomic mass is 9.98. The van der Waals surface area contributed by atoms with Gasteiger partial charge in [0.05, 0.1) is 20.6 Å². The number of carbonyl (C=O) groups excluding carboxylic acids is 6. The van der Waals surface area contributed by atoms with Gasteiger partial charge in [-0.3, -0.25) is 28.8 Å². The van der Waals surface area contributed by atoms with Gasteiger partial charge < -0.3 is 43.0 Å². The summed E-state index contributed by atoms with van der Waals surface area (Å²) in [6.45, 7) is 4.04. The first-order valence-electron chi connectivity index (χ1n) is 15.1. The van der Waals surface area contributed by atoms with Crippen molar-refractivity contribution in [1.82, 2.24) is 0 Å². The molecule has 0 unspecified atom stereocenters. The van der Waals surface area contributed by atoms with Gasteiger partial charge in [-0.25, -0.2) is 0 Å². The van der Waals surface area contributed by atoms with Crippen LogP contribution in [0, 0.1) is 0 Å². The quantitative estimate of drug-likeness (QED) is 0.123. The molecule has 1 heterocycles. The van der Waals surface area contributed by atoms with E-state index < -0.39 is 79.2 Å². The van der Waals surface area contributed by atoms with E-state index in [2.05, 4.69) is 0 Å². The summed E-state index contributed by atoms with van der Waals surface area (Å²) in [7, 11) is 2.75. The Bertz CT molecular complexity index is 1640. The van der Waals surface area contributed by atoms with Gasteiger partial charge in [-0.2, -0.15) is 0 Å². The Hall–Kier alpha value is -5.70. The number of esters is 4. The van der Waals surface area contributed by atoms with Crippen molar-refractivity contribution in [2.45, 2.75) is 64.8 Å². The molecule has 50 heavy (non-hydrogen) atoms. The Kier molecular flexibility index (Phi) is 14.1. The predicted molar refractivity (Wildman–Crippen MR) is 173 cm³/mol. The van der Waals surface area contributed by atoms with E-state index in [1.54, 1.807) is 12.1 Å². The summed E-state index contributed by atoms with van der Waals surface area (Å²) in [4.78, 5) is 72.6. The van der Waals surface area contributed by atoms with Gasteiger partial charge in [-0.05, 0) is 47.5 Å². The van der Waals surface area contributed by atoms with Crippen molar-refractivity contribution < 1.29 is 71.8 Å². The van der Waals surface area contributed by atoms with Crippen molar-refractivity contribution >= 4 is 47.6 Å². The van der Waals surface area contributed by atoms with E-state index in [4.69, 9.17) is 37.9 Å². The molecule has 3 rings (SSSR count). The highest BCUT2D eigenvalue weighted by Crippen LogP contribution is 2.35. The molecule has 0 radical (unpaired) electrons. The molecule has 0 aromatic heterocycles. The smallest absolute Gasteiger partial charge is 0.303 e. The number of methoxy groups -OCH3 is 2. The van der Waals surface area contributed by atoms with Crippen molar-refractivity contribution in [3.05, 3.63) is 59.7 Å². The lowest BCUT2D eigenvalue weighted by Crippen LogP contribution is -2.63. The van der Waals surface area contributed by atoms with Crippen LogP contribution in [0.1, 0.15) is 45.2 Å². The first-order chi connectivity index (χ1) is 23.7. The fourth-order valence-corrected chi connectivity index (χ4v) is 4.76. The second kappa shape index (κ2) is 18.2. The lowest BCUT2D eigenvalue weighted by molar-refractivity contribution is -0.288. The van der Waals surface area contributed by atoms with Crippen LogP contribution < -0.4 is 14.2 Å². The van der Waals surface area contributed by atoms with Crippen molar-refractivity contribution in [2.24, 2.45) is 0 Å². The maximum atomic E-state index is 12.5. The van der Waals surface area contributed by atoms with Crippen molar-refractivity contribution in [3.63, 3.8) is 0 Å². The molecule has 0 aliphatic carbocycles. The summed E-state index contributed by atoms with van der Waals surface area (Å²) >= 11 is 0. The fourth-order valence-electron chi connectivity index (χ4n) is 4.76. The number of allylic oxidation sites excluding steroid dienone is 2. The fraction of sp³-hybridized carbons (Fsp3) is 0.371. The number of hydrogen-bond donors (Lipinski definition) is 1. The maximum absolute atomic E-state index is 12.5. The van der Waals surface area contributed by atoms with Crippen LogP contribution >= 0.6 is 0 Å². The van der Waals surface area contributed by atoms with Crippen LogP contribution in [0.4, 0.5) is 0 Å². The molecule has 2 aromatic rings. The molecule has 15 nitrogen and oxygen atoms in total. The molecule has 1 saturated heterocycles. The summed E-state index contributed by atoms with van der Waals surface area (Å²) in [6, 6.07) is 9.09. The van der Waals surface area contributed by atoms with Crippen LogP contribution in [0.2, 0.25) is 0 Å². The summed E-state index contributed by atoms with van der Waals surface area (Å²) in [5.74, 6) is -3.54. The molecule has 1 N–H and O–H groups in total. The molecule has 268 valence electrons. The van der Waals surface area contributed by atoms with E-state index in [-0.39, 0.29) is 23.0 Å². The SMILES string of the molecule is COc1cc(/C=C/C(=O)CC(=O)/C=C/c2ccc(O[C@H]3O[C@H](COC(C)=O)[C@@H](OC(C)=O)[C@H](OC(C)=O)[C@H]3OC(C)=O)c(OC)c2)ccc1O. The third-order valence-corrected chi connectivity index (χ3v) is 6.85. The van der Waals surface area contributed by atoms with Gasteiger partial charge in [-0.1, -0.05) is 24.3 Å². The number of rotatable bonds is 15. The number of hydrogen-bond acceptors (Lipinski definition) is 15. The number of ether oxygens (including phenoxy) is 8. The maximum Gasteiger partial charge on any atom is 0.303 e. The number of benzene rings is 2. The number of phenols is 1. The number of aromatic hydroxyl groups is 1. The van der Waals surface area contributed by atoms with E-state index in [9.17, 15) is 33.9 Å². The van der Waals surface area contributed by atoms with E-state index in [0.717, 1.165) is 27.7 Å². The summed E-state index contributed by atoms with van der Waals surface area (Å²) in [5, 5.41) is 9.71. The molecule has 0 saturated carbocycles. The van der Waals surface area contributed by atoms with Crippen LogP contribution in [0.3, 0.4) is 0 Å². The minimum absolute atomic E-state index is 0.0479. The molecule has 5 atom stereocenters. The minimum atomic E-state index is -1.49. The topological polar surface area (TPSA) is 196 Å². The van der Waals surface area contributed by atoms with Gasteiger partial charge in [-0.15, -0.1) is 0 Å². The van der Waals surface area contributed by atoms with Crippen LogP contribution in [0.25, 0.3) is 12.2 Å². The molecular formula is C35H38O15. The van der Waals surface area contributed by atoms with E-state index in [1.807, 2.05) is 0 Å². The standard InChI is InChI=1S/C35H38O15/c1-19(36)45-18-31-32(46-20(2)37)33(47-21(3)38)34(48-22(4)39)35(50-31)49-28-14-10-24(16-30(28)44-6)8-12-26(41)17-25(40)11-7-23-9-13-27(42)29(15-23)43-5/h7-16,31-35,42H,17-18H2,1-6H3/b11-7+,12-8+/t31-,32-,33+,34-,35+/m1/s1. The summed E-state index contributed by atoms with van der Waals surface area (Å²) in [6.07, 6.45) is -1.92. The molecule has 15 heteroatoms. The zero-order valence-corrected chi connectivity index (χ0v) is 28.2. The van der Waals surface area contributed by atoms with Crippen molar-refractivity contribution in [2.75, 3.05) is 20.8 Å². The highest BCUT2D eigenvalue weighted by molar-refractivity contribution is 6.10. The minimum Gasteiger partial charge on any atom is -0.504 e. The average molecular weight is 699 g/mol. The van der Waals surface area contributed by atoms with E-state index in [0.29, 0.717) is 11.1 Å². The van der Waals surface area contributed by atoms with Gasteiger partial charge in [0, 0.05) is 27.7 Å². The van der Waals surface area contributed by atoms with Crippen LogP contribution in [0.5, 0.6) is 23.0 Å². The molecule has 2 aromatic carbocycles. The molecule has 1 aliphatic rings. The van der Waals surface area contributed by atoms with Gasteiger partial charge in [0.1, 0.15) is 12.7 Å². The third-order valence-electron chi connectivity index (χ3n) is 6.85. The normalized spacial score (nSPS) is 20.1. The second-order valence-electron chi connectivity index (χ2n) is 10.8. The molecular weight excluding hydrogens is 660 g/mol. The Labute approximate surface area is 287 Å². The summed E-state index contributed by atoms with van der Waals surface area (Å²) < 4.78 is 43.8. The van der Waals surface area contributed by atoms with Crippen molar-refractivity contribution in [3.8, 4) is 23.0 Å². The van der Waals surface area contributed by atoms with Gasteiger partial charge in [0.2, 0.25) is 12.4 Å².